The summed E-state index contributed by atoms with van der Waals surface area (Å²) in [5.41, 5.74) is 0.719. The summed E-state index contributed by atoms with van der Waals surface area (Å²) in [6.45, 7) is 9.79. The standard InChI is InChI=1S/C17H25N3O3/c1-11(20-8-5-6-14(20)21)15(22)19-9-7-13-12(10-19)18-16(23-13)17(2,3)4/h11H,5-10H2,1-4H3. The Labute approximate surface area is 136 Å². The number of hydrogen-bond donors (Lipinski definition) is 0. The third-order valence-corrected chi connectivity index (χ3v) is 4.62. The lowest BCUT2D eigenvalue weighted by Crippen LogP contribution is -2.48. The van der Waals surface area contributed by atoms with Gasteiger partial charge in [0.1, 0.15) is 17.5 Å². The van der Waals surface area contributed by atoms with Crippen LogP contribution in [0.15, 0.2) is 4.42 Å². The molecule has 1 aromatic heterocycles. The van der Waals surface area contributed by atoms with Gasteiger partial charge in [0.2, 0.25) is 11.8 Å². The van der Waals surface area contributed by atoms with Crippen molar-refractivity contribution in [3.63, 3.8) is 0 Å². The van der Waals surface area contributed by atoms with Crippen LogP contribution in [0.3, 0.4) is 0 Å². The molecule has 1 atom stereocenters. The van der Waals surface area contributed by atoms with Gasteiger partial charge in [0.25, 0.3) is 0 Å². The number of carbonyl (C=O) groups excluding carboxylic acids is 2. The molecule has 1 fully saturated rings. The average molecular weight is 319 g/mol. The van der Waals surface area contributed by atoms with Crippen LogP contribution in [0.1, 0.15) is 57.9 Å². The van der Waals surface area contributed by atoms with Gasteiger partial charge in [-0.1, -0.05) is 20.8 Å². The Morgan fingerprint density at radius 3 is 2.61 bits per heavy atom. The Bertz CT molecular complexity index is 630. The summed E-state index contributed by atoms with van der Waals surface area (Å²) in [6.07, 6.45) is 2.09. The van der Waals surface area contributed by atoms with Gasteiger partial charge in [-0.2, -0.15) is 0 Å². The van der Waals surface area contributed by atoms with Gasteiger partial charge in [0.15, 0.2) is 5.89 Å². The fraction of sp³-hybridized carbons (Fsp3) is 0.706. The van der Waals surface area contributed by atoms with Crippen LogP contribution in [0.2, 0.25) is 0 Å². The lowest BCUT2D eigenvalue weighted by molar-refractivity contribution is -0.143. The molecule has 126 valence electrons. The van der Waals surface area contributed by atoms with Crippen LogP contribution in [-0.2, 0) is 28.0 Å². The number of carbonyl (C=O) groups is 2. The Morgan fingerprint density at radius 1 is 1.26 bits per heavy atom. The summed E-state index contributed by atoms with van der Waals surface area (Å²) in [4.78, 5) is 32.6. The van der Waals surface area contributed by atoms with E-state index in [1.165, 1.54) is 0 Å². The molecule has 1 unspecified atom stereocenters. The predicted molar refractivity (Wildman–Crippen MR) is 84.7 cm³/mol. The first-order valence-corrected chi connectivity index (χ1v) is 8.34. The summed E-state index contributed by atoms with van der Waals surface area (Å²) in [7, 11) is 0. The van der Waals surface area contributed by atoms with Crippen LogP contribution in [0.4, 0.5) is 0 Å². The summed E-state index contributed by atoms with van der Waals surface area (Å²) in [6, 6.07) is -0.388. The number of oxazole rings is 1. The highest BCUT2D eigenvalue weighted by molar-refractivity contribution is 5.88. The highest BCUT2D eigenvalue weighted by Crippen LogP contribution is 2.28. The molecule has 2 aliphatic heterocycles. The van der Waals surface area contributed by atoms with E-state index in [2.05, 4.69) is 25.8 Å². The molecule has 1 saturated heterocycles. The number of fused-ring (bicyclic) bond motifs is 1. The number of amides is 2. The topological polar surface area (TPSA) is 66.7 Å². The van der Waals surface area contributed by atoms with Gasteiger partial charge in [-0.3, -0.25) is 9.59 Å². The number of aromatic nitrogens is 1. The first-order chi connectivity index (χ1) is 10.8. The molecule has 0 bridgehead atoms. The molecule has 0 aromatic carbocycles. The Hall–Kier alpha value is -1.85. The van der Waals surface area contributed by atoms with E-state index in [1.807, 2.05) is 6.92 Å². The van der Waals surface area contributed by atoms with Gasteiger partial charge in [0.05, 0.1) is 6.54 Å². The molecular formula is C17H25N3O3. The summed E-state index contributed by atoms with van der Waals surface area (Å²) in [5.74, 6) is 1.70. The molecule has 0 spiro atoms. The maximum Gasteiger partial charge on any atom is 0.245 e. The SMILES string of the molecule is CC(C(=O)N1CCc2oc(C(C)(C)C)nc2C1)N1CCCC1=O. The van der Waals surface area contributed by atoms with Crippen molar-refractivity contribution in [3.8, 4) is 0 Å². The third-order valence-electron chi connectivity index (χ3n) is 4.62. The minimum atomic E-state index is -0.388. The predicted octanol–water partition coefficient (Wildman–Crippen LogP) is 1.87. The summed E-state index contributed by atoms with van der Waals surface area (Å²) < 4.78 is 5.86. The lowest BCUT2D eigenvalue weighted by Gasteiger charge is -2.31. The van der Waals surface area contributed by atoms with Crippen molar-refractivity contribution in [2.24, 2.45) is 0 Å². The Kier molecular flexibility index (Phi) is 3.94. The fourth-order valence-electron chi connectivity index (χ4n) is 3.18. The van der Waals surface area contributed by atoms with E-state index in [1.54, 1.807) is 9.80 Å². The van der Waals surface area contributed by atoms with Crippen LogP contribution in [-0.4, -0.2) is 45.7 Å². The van der Waals surface area contributed by atoms with Crippen molar-refractivity contribution >= 4 is 11.8 Å². The van der Waals surface area contributed by atoms with Crippen molar-refractivity contribution in [1.29, 1.82) is 0 Å². The molecule has 6 nitrogen and oxygen atoms in total. The van der Waals surface area contributed by atoms with Crippen molar-refractivity contribution in [2.45, 2.75) is 65.0 Å². The first-order valence-electron chi connectivity index (χ1n) is 8.34. The second-order valence-corrected chi connectivity index (χ2v) is 7.52. The zero-order valence-electron chi connectivity index (χ0n) is 14.4. The summed E-state index contributed by atoms with van der Waals surface area (Å²) in [5, 5.41) is 0. The quantitative estimate of drug-likeness (QED) is 0.834. The molecule has 2 amide bonds. The Balaban J connectivity index is 1.72. The van der Waals surface area contributed by atoms with Crippen molar-refractivity contribution < 1.29 is 14.0 Å². The molecule has 1 aromatic rings. The van der Waals surface area contributed by atoms with E-state index in [0.717, 1.165) is 23.8 Å². The van der Waals surface area contributed by atoms with Crippen LogP contribution in [0, 0.1) is 0 Å². The largest absolute Gasteiger partial charge is 0.445 e. The average Bonchev–Trinajstić information content (AvgIpc) is 3.10. The molecule has 3 heterocycles. The maximum absolute atomic E-state index is 12.7. The van der Waals surface area contributed by atoms with E-state index in [4.69, 9.17) is 4.42 Å². The van der Waals surface area contributed by atoms with Gasteiger partial charge in [-0.25, -0.2) is 4.98 Å². The van der Waals surface area contributed by atoms with E-state index >= 15 is 0 Å². The van der Waals surface area contributed by atoms with E-state index in [9.17, 15) is 9.59 Å². The minimum absolute atomic E-state index is 0.00575. The summed E-state index contributed by atoms with van der Waals surface area (Å²) >= 11 is 0. The molecule has 2 aliphatic rings. The van der Waals surface area contributed by atoms with Crippen molar-refractivity contribution in [2.75, 3.05) is 13.1 Å². The molecule has 0 aliphatic carbocycles. The zero-order chi connectivity index (χ0) is 16.8. The van der Waals surface area contributed by atoms with Crippen LogP contribution in [0.25, 0.3) is 0 Å². The van der Waals surface area contributed by atoms with Crippen LogP contribution >= 0.6 is 0 Å². The minimum Gasteiger partial charge on any atom is -0.445 e. The van der Waals surface area contributed by atoms with Crippen molar-refractivity contribution in [3.05, 3.63) is 17.3 Å². The molecule has 0 radical (unpaired) electrons. The highest BCUT2D eigenvalue weighted by Gasteiger charge is 2.35. The van der Waals surface area contributed by atoms with Gasteiger partial charge >= 0.3 is 0 Å². The number of nitrogens with zero attached hydrogens (tertiary/aromatic N) is 3. The molecular weight excluding hydrogens is 294 g/mol. The molecule has 3 rings (SSSR count). The van der Waals surface area contributed by atoms with E-state index in [-0.39, 0.29) is 23.3 Å². The maximum atomic E-state index is 12.7. The van der Waals surface area contributed by atoms with Gasteiger partial charge in [0, 0.05) is 31.3 Å². The molecule has 6 heteroatoms. The van der Waals surface area contributed by atoms with Gasteiger partial charge in [-0.15, -0.1) is 0 Å². The monoisotopic (exact) mass is 319 g/mol. The molecule has 0 N–H and O–H groups in total. The van der Waals surface area contributed by atoms with Gasteiger partial charge in [-0.05, 0) is 13.3 Å². The van der Waals surface area contributed by atoms with E-state index < -0.39 is 0 Å². The number of likely N-dealkylation sites (tertiary alicyclic amines) is 1. The van der Waals surface area contributed by atoms with Crippen molar-refractivity contribution in [1.82, 2.24) is 14.8 Å². The van der Waals surface area contributed by atoms with E-state index in [0.29, 0.717) is 32.5 Å². The highest BCUT2D eigenvalue weighted by atomic mass is 16.4. The normalized spacial score (nSPS) is 19.9. The second-order valence-electron chi connectivity index (χ2n) is 7.52. The molecule has 23 heavy (non-hydrogen) atoms. The number of hydrogen-bond acceptors (Lipinski definition) is 4. The van der Waals surface area contributed by atoms with Crippen LogP contribution in [0.5, 0.6) is 0 Å². The fourth-order valence-corrected chi connectivity index (χ4v) is 3.18. The third kappa shape index (κ3) is 2.99. The first kappa shape index (κ1) is 16.0. The molecule has 0 saturated carbocycles. The lowest BCUT2D eigenvalue weighted by atomic mass is 9.97. The van der Waals surface area contributed by atoms with Gasteiger partial charge < -0.3 is 14.2 Å². The Morgan fingerprint density at radius 2 is 2.00 bits per heavy atom. The van der Waals surface area contributed by atoms with Crippen LogP contribution < -0.4 is 0 Å². The zero-order valence-corrected chi connectivity index (χ0v) is 14.4. The second kappa shape index (κ2) is 5.65. The number of rotatable bonds is 2. The smallest absolute Gasteiger partial charge is 0.245 e.